The number of benzene rings is 2. The molecule has 0 aliphatic heterocycles. The molecule has 0 bridgehead atoms. The van der Waals surface area contributed by atoms with Crippen LogP contribution in [0, 0.1) is 22.7 Å². The van der Waals surface area contributed by atoms with Gasteiger partial charge in [0.2, 0.25) is 0 Å². The van der Waals surface area contributed by atoms with Crippen LogP contribution in [0.1, 0.15) is 61.3 Å². The van der Waals surface area contributed by atoms with Gasteiger partial charge in [0.05, 0.1) is 34.4 Å². The van der Waals surface area contributed by atoms with Gasteiger partial charge in [-0.3, -0.25) is 0 Å². The first kappa shape index (κ1) is 26.8. The summed E-state index contributed by atoms with van der Waals surface area (Å²) in [5.41, 5.74) is -3.38. The molecule has 2 aromatic carbocycles. The fourth-order valence-corrected chi connectivity index (χ4v) is 3.23. The summed E-state index contributed by atoms with van der Waals surface area (Å²) in [5.74, 6) is -0.282. The number of nitriles is 2. The molecule has 0 spiro atoms. The summed E-state index contributed by atoms with van der Waals surface area (Å²) in [6, 6.07) is 8.84. The highest BCUT2D eigenvalue weighted by molar-refractivity contribution is 5.45. The molecule has 10 heteroatoms. The predicted molar refractivity (Wildman–Crippen MR) is 111 cm³/mol. The molecule has 1 unspecified atom stereocenters. The monoisotopic (exact) mass is 484 g/mol. The molecular formula is C24H22F6N2O2. The number of rotatable bonds is 10. The van der Waals surface area contributed by atoms with Gasteiger partial charge in [0.25, 0.3) is 0 Å². The van der Waals surface area contributed by atoms with Crippen LogP contribution in [0.2, 0.25) is 0 Å². The van der Waals surface area contributed by atoms with Crippen LogP contribution in [0.3, 0.4) is 0 Å². The number of unbranched alkanes of at least 4 members (excludes halogenated alkanes) is 3. The van der Waals surface area contributed by atoms with Gasteiger partial charge in [0.15, 0.2) is 0 Å². The SMILES string of the molecule is CCCCCCC(COc1ccc(C#N)c(C(F)(F)F)c1)Oc1ccc(C#N)c(C(F)(F)F)c1. The van der Waals surface area contributed by atoms with Crippen molar-refractivity contribution in [3.05, 3.63) is 58.7 Å². The van der Waals surface area contributed by atoms with Crippen LogP contribution in [0.25, 0.3) is 0 Å². The highest BCUT2D eigenvalue weighted by atomic mass is 19.4. The van der Waals surface area contributed by atoms with Gasteiger partial charge >= 0.3 is 12.4 Å². The molecule has 0 aromatic heterocycles. The van der Waals surface area contributed by atoms with E-state index in [1.165, 1.54) is 24.3 Å². The van der Waals surface area contributed by atoms with Crippen molar-refractivity contribution in [1.29, 1.82) is 10.5 Å². The second kappa shape index (κ2) is 11.6. The molecule has 0 heterocycles. The lowest BCUT2D eigenvalue weighted by Gasteiger charge is -2.21. The average Bonchev–Trinajstić information content (AvgIpc) is 2.78. The van der Waals surface area contributed by atoms with Crippen molar-refractivity contribution < 1.29 is 35.8 Å². The Morgan fingerprint density at radius 2 is 1.32 bits per heavy atom. The minimum absolute atomic E-state index is 0.133. The van der Waals surface area contributed by atoms with Crippen molar-refractivity contribution in [2.75, 3.05) is 6.61 Å². The minimum atomic E-state index is -4.76. The largest absolute Gasteiger partial charge is 0.490 e. The Kier molecular flexibility index (Phi) is 9.19. The molecule has 1 atom stereocenters. The Bertz CT molecular complexity index is 1050. The molecule has 2 rings (SSSR count). The lowest BCUT2D eigenvalue weighted by atomic mass is 10.1. The minimum Gasteiger partial charge on any atom is -0.490 e. The van der Waals surface area contributed by atoms with Crippen molar-refractivity contribution >= 4 is 0 Å². The second-order valence-corrected chi connectivity index (χ2v) is 7.53. The molecule has 0 saturated carbocycles. The molecule has 4 nitrogen and oxygen atoms in total. The molecule has 0 radical (unpaired) electrons. The van der Waals surface area contributed by atoms with Gasteiger partial charge in [-0.05, 0) is 49.2 Å². The van der Waals surface area contributed by atoms with E-state index in [0.29, 0.717) is 18.9 Å². The maximum absolute atomic E-state index is 13.3. The van der Waals surface area contributed by atoms with E-state index >= 15 is 0 Å². The van der Waals surface area contributed by atoms with Gasteiger partial charge < -0.3 is 9.47 Å². The van der Waals surface area contributed by atoms with Crippen molar-refractivity contribution in [1.82, 2.24) is 0 Å². The topological polar surface area (TPSA) is 66.0 Å². The zero-order valence-corrected chi connectivity index (χ0v) is 18.3. The van der Waals surface area contributed by atoms with Crippen molar-refractivity contribution in [3.63, 3.8) is 0 Å². The van der Waals surface area contributed by atoms with Crippen LogP contribution in [-0.2, 0) is 12.4 Å². The fourth-order valence-electron chi connectivity index (χ4n) is 3.23. The zero-order chi connectivity index (χ0) is 25.4. The Morgan fingerprint density at radius 1 is 0.794 bits per heavy atom. The molecule has 182 valence electrons. The van der Waals surface area contributed by atoms with E-state index in [9.17, 15) is 26.3 Å². The molecule has 0 saturated heterocycles. The predicted octanol–water partition coefficient (Wildman–Crippen LogP) is 7.26. The molecule has 2 aromatic rings. The number of hydrogen-bond donors (Lipinski definition) is 0. The smallest absolute Gasteiger partial charge is 0.417 e. The quantitative estimate of drug-likeness (QED) is 0.263. The van der Waals surface area contributed by atoms with E-state index in [2.05, 4.69) is 0 Å². The summed E-state index contributed by atoms with van der Waals surface area (Å²) >= 11 is 0. The van der Waals surface area contributed by atoms with Crippen molar-refractivity contribution in [2.45, 2.75) is 57.5 Å². The van der Waals surface area contributed by atoms with E-state index in [4.69, 9.17) is 20.0 Å². The lowest BCUT2D eigenvalue weighted by Crippen LogP contribution is -2.25. The molecule has 0 amide bonds. The summed E-state index contributed by atoms with van der Waals surface area (Å²) in [7, 11) is 0. The average molecular weight is 484 g/mol. The Balaban J connectivity index is 2.23. The third-order valence-corrected chi connectivity index (χ3v) is 4.95. The van der Waals surface area contributed by atoms with Gasteiger partial charge in [-0.2, -0.15) is 36.9 Å². The van der Waals surface area contributed by atoms with Gasteiger partial charge in [0, 0.05) is 0 Å². The van der Waals surface area contributed by atoms with E-state index in [1.807, 2.05) is 6.92 Å². The number of alkyl halides is 6. The summed E-state index contributed by atoms with van der Waals surface area (Å²) in [6.07, 6.45) is -6.46. The molecular weight excluding hydrogens is 462 g/mol. The Labute approximate surface area is 193 Å². The van der Waals surface area contributed by atoms with Crippen LogP contribution < -0.4 is 9.47 Å². The number of nitrogens with zero attached hydrogens (tertiary/aromatic N) is 2. The number of hydrogen-bond acceptors (Lipinski definition) is 4. The van der Waals surface area contributed by atoms with Gasteiger partial charge in [-0.15, -0.1) is 0 Å². The molecule has 34 heavy (non-hydrogen) atoms. The van der Waals surface area contributed by atoms with Gasteiger partial charge in [-0.25, -0.2) is 0 Å². The molecule has 0 fully saturated rings. The normalized spacial score (nSPS) is 12.5. The Hall–Kier alpha value is -3.40. The summed E-state index contributed by atoms with van der Waals surface area (Å²) < 4.78 is 90.5. The second-order valence-electron chi connectivity index (χ2n) is 7.53. The number of ether oxygens (including phenoxy) is 2. The fraction of sp³-hybridized carbons (Fsp3) is 0.417. The van der Waals surface area contributed by atoms with Crippen LogP contribution >= 0.6 is 0 Å². The van der Waals surface area contributed by atoms with E-state index in [-0.39, 0.29) is 18.1 Å². The lowest BCUT2D eigenvalue weighted by molar-refractivity contribution is -0.138. The maximum Gasteiger partial charge on any atom is 0.417 e. The van der Waals surface area contributed by atoms with E-state index < -0.39 is 40.7 Å². The first-order chi connectivity index (χ1) is 16.0. The first-order valence-corrected chi connectivity index (χ1v) is 10.5. The summed E-state index contributed by atoms with van der Waals surface area (Å²) in [4.78, 5) is 0. The van der Waals surface area contributed by atoms with Gasteiger partial charge in [0.1, 0.15) is 24.2 Å². The summed E-state index contributed by atoms with van der Waals surface area (Å²) in [5, 5.41) is 17.8. The molecule has 0 aliphatic carbocycles. The highest BCUT2D eigenvalue weighted by Gasteiger charge is 2.35. The van der Waals surface area contributed by atoms with Crippen LogP contribution in [-0.4, -0.2) is 12.7 Å². The standard InChI is InChI=1S/C24H22F6N2O2/c1-2-3-4-5-6-20(34-19-10-8-17(14-32)22(12-19)24(28,29)30)15-33-18-9-7-16(13-31)21(11-18)23(25,26)27/h7-12,20H,2-6,15H2,1H3. The maximum atomic E-state index is 13.3. The van der Waals surface area contributed by atoms with Crippen molar-refractivity contribution in [2.24, 2.45) is 0 Å². The highest BCUT2D eigenvalue weighted by Crippen LogP contribution is 2.36. The zero-order valence-electron chi connectivity index (χ0n) is 18.3. The third-order valence-electron chi connectivity index (χ3n) is 4.95. The number of halogens is 6. The molecule has 0 N–H and O–H groups in total. The van der Waals surface area contributed by atoms with Crippen LogP contribution in [0.15, 0.2) is 36.4 Å². The third kappa shape index (κ3) is 7.58. The van der Waals surface area contributed by atoms with Crippen LogP contribution in [0.5, 0.6) is 11.5 Å². The summed E-state index contributed by atoms with van der Waals surface area (Å²) in [6.45, 7) is 1.78. The van der Waals surface area contributed by atoms with Crippen LogP contribution in [0.4, 0.5) is 26.3 Å². The van der Waals surface area contributed by atoms with E-state index in [0.717, 1.165) is 37.5 Å². The first-order valence-electron chi connectivity index (χ1n) is 10.5. The Morgan fingerprint density at radius 3 is 1.82 bits per heavy atom. The van der Waals surface area contributed by atoms with Crippen molar-refractivity contribution in [3.8, 4) is 23.6 Å². The van der Waals surface area contributed by atoms with E-state index in [1.54, 1.807) is 0 Å². The van der Waals surface area contributed by atoms with Gasteiger partial charge in [-0.1, -0.05) is 26.2 Å². The molecule has 0 aliphatic rings.